The summed E-state index contributed by atoms with van der Waals surface area (Å²) < 4.78 is 1.74. The van der Waals surface area contributed by atoms with Crippen LogP contribution in [-0.4, -0.2) is 21.5 Å². The number of nitrogens with zero attached hydrogens (tertiary/aromatic N) is 1. The molecule has 0 spiro atoms. The number of aromatic nitrogens is 1. The number of benzene rings is 1. The van der Waals surface area contributed by atoms with Crippen LogP contribution in [0.2, 0.25) is 5.02 Å². The molecule has 2 rings (SSSR count). The average Bonchev–Trinajstić information content (AvgIpc) is 2.64. The van der Waals surface area contributed by atoms with Gasteiger partial charge in [-0.3, -0.25) is 0 Å². The molecule has 1 heterocycles. The van der Waals surface area contributed by atoms with Gasteiger partial charge in [0, 0.05) is 22.8 Å². The van der Waals surface area contributed by atoms with Gasteiger partial charge in [-0.1, -0.05) is 17.7 Å². The first-order chi connectivity index (χ1) is 8.13. The minimum atomic E-state index is -0.938. The first kappa shape index (κ1) is 12.3. The smallest absolute Gasteiger partial charge is 0.352 e. The van der Waals surface area contributed by atoms with Crippen LogP contribution in [0.4, 0.5) is 0 Å². The summed E-state index contributed by atoms with van der Waals surface area (Å²) in [4.78, 5) is 11.2. The summed E-state index contributed by atoms with van der Waals surface area (Å²) in [6, 6.07) is 7.00. The topological polar surface area (TPSA) is 42.2 Å². The van der Waals surface area contributed by atoms with E-state index in [0.29, 0.717) is 17.4 Å². The number of carbonyl (C=O) groups is 1. The minimum Gasteiger partial charge on any atom is -0.477 e. The van der Waals surface area contributed by atoms with E-state index in [1.807, 2.05) is 6.07 Å². The van der Waals surface area contributed by atoms with Crippen molar-refractivity contribution in [2.75, 3.05) is 5.88 Å². The summed E-state index contributed by atoms with van der Waals surface area (Å²) >= 11 is 11.6. The van der Waals surface area contributed by atoms with Crippen molar-refractivity contribution in [2.24, 2.45) is 0 Å². The summed E-state index contributed by atoms with van der Waals surface area (Å²) in [6.45, 7) is 0.578. The van der Waals surface area contributed by atoms with E-state index in [1.165, 1.54) is 0 Å². The highest BCUT2D eigenvalue weighted by molar-refractivity contribution is 6.31. The Labute approximate surface area is 109 Å². The van der Waals surface area contributed by atoms with E-state index in [0.717, 1.165) is 17.3 Å². The highest BCUT2D eigenvalue weighted by atomic mass is 35.5. The fourth-order valence-electron chi connectivity index (χ4n) is 1.86. The quantitative estimate of drug-likeness (QED) is 0.864. The van der Waals surface area contributed by atoms with Gasteiger partial charge in [0.15, 0.2) is 0 Å². The van der Waals surface area contributed by atoms with Gasteiger partial charge in [0.25, 0.3) is 0 Å². The van der Waals surface area contributed by atoms with Crippen LogP contribution >= 0.6 is 23.2 Å². The van der Waals surface area contributed by atoms with Gasteiger partial charge in [-0.05, 0) is 24.6 Å². The molecule has 0 aliphatic heterocycles. The van der Waals surface area contributed by atoms with Crippen molar-refractivity contribution in [3.05, 3.63) is 35.0 Å². The third-order valence-electron chi connectivity index (χ3n) is 2.60. The molecule has 1 N–H and O–H groups in total. The molecule has 0 amide bonds. The number of fused-ring (bicyclic) bond motifs is 1. The molecule has 0 fully saturated rings. The van der Waals surface area contributed by atoms with Crippen molar-refractivity contribution >= 4 is 40.1 Å². The lowest BCUT2D eigenvalue weighted by molar-refractivity contribution is 0.0685. The second-order valence-corrected chi connectivity index (χ2v) is 4.55. The molecule has 3 nitrogen and oxygen atoms in total. The molecule has 90 valence electrons. The summed E-state index contributed by atoms with van der Waals surface area (Å²) in [7, 11) is 0. The van der Waals surface area contributed by atoms with Gasteiger partial charge < -0.3 is 9.67 Å². The molecule has 1 aromatic carbocycles. The van der Waals surface area contributed by atoms with Crippen LogP contribution in [0.15, 0.2) is 24.3 Å². The Balaban J connectivity index is 2.60. The van der Waals surface area contributed by atoms with Crippen LogP contribution in [0, 0.1) is 0 Å². The highest BCUT2D eigenvalue weighted by Crippen LogP contribution is 2.24. The number of rotatable bonds is 4. The number of aryl methyl sites for hydroxylation is 1. The molecule has 0 radical (unpaired) electrons. The zero-order chi connectivity index (χ0) is 12.4. The monoisotopic (exact) mass is 271 g/mol. The van der Waals surface area contributed by atoms with Gasteiger partial charge in [-0.15, -0.1) is 11.6 Å². The first-order valence-electron chi connectivity index (χ1n) is 5.21. The molecule has 17 heavy (non-hydrogen) atoms. The van der Waals surface area contributed by atoms with E-state index in [4.69, 9.17) is 28.3 Å². The Kier molecular flexibility index (Phi) is 3.60. The van der Waals surface area contributed by atoms with Gasteiger partial charge in [0.05, 0.1) is 5.52 Å². The fraction of sp³-hybridized carbons (Fsp3) is 0.250. The molecule has 0 aliphatic carbocycles. The second-order valence-electron chi connectivity index (χ2n) is 3.73. The molecule has 0 unspecified atom stereocenters. The lowest BCUT2D eigenvalue weighted by Gasteiger charge is -2.06. The Morgan fingerprint density at radius 1 is 1.35 bits per heavy atom. The molecule has 0 bridgehead atoms. The van der Waals surface area contributed by atoms with Crippen LogP contribution in [0.5, 0.6) is 0 Å². The molecule has 0 saturated carbocycles. The molecular weight excluding hydrogens is 261 g/mol. The highest BCUT2D eigenvalue weighted by Gasteiger charge is 2.14. The number of carboxylic acids is 1. The number of carboxylic acid groups (broad SMARTS) is 1. The number of aromatic carboxylic acids is 1. The number of alkyl halides is 1. The van der Waals surface area contributed by atoms with Crippen molar-refractivity contribution in [1.29, 1.82) is 0 Å². The van der Waals surface area contributed by atoms with Gasteiger partial charge in [0.1, 0.15) is 5.69 Å². The predicted octanol–water partition coefficient (Wildman–Crippen LogP) is 3.62. The van der Waals surface area contributed by atoms with Crippen molar-refractivity contribution < 1.29 is 9.90 Å². The Bertz CT molecular complexity index is 563. The third kappa shape index (κ3) is 2.40. The van der Waals surface area contributed by atoms with E-state index in [-0.39, 0.29) is 5.69 Å². The largest absolute Gasteiger partial charge is 0.477 e. The van der Waals surface area contributed by atoms with Crippen molar-refractivity contribution in [3.8, 4) is 0 Å². The molecule has 0 aliphatic rings. The third-order valence-corrected chi connectivity index (χ3v) is 3.10. The molecule has 5 heteroatoms. The molecular formula is C12H11Cl2NO2. The van der Waals surface area contributed by atoms with E-state index in [1.54, 1.807) is 22.8 Å². The SMILES string of the molecule is O=C(O)c1cc2ccc(Cl)cc2n1CCCCl. The standard InChI is InChI=1S/C12H11Cl2NO2/c13-4-1-5-15-10-7-9(14)3-2-8(10)6-11(15)12(16)17/h2-3,6-7H,1,4-5H2,(H,16,17). The van der Waals surface area contributed by atoms with Crippen LogP contribution in [0.3, 0.4) is 0 Å². The normalized spacial score (nSPS) is 10.9. The fourth-order valence-corrected chi connectivity index (χ4v) is 2.15. The van der Waals surface area contributed by atoms with Gasteiger partial charge in [-0.2, -0.15) is 0 Å². The van der Waals surface area contributed by atoms with Crippen molar-refractivity contribution in [3.63, 3.8) is 0 Å². The maximum Gasteiger partial charge on any atom is 0.352 e. The number of hydrogen-bond donors (Lipinski definition) is 1. The molecule has 0 saturated heterocycles. The van der Waals surface area contributed by atoms with E-state index >= 15 is 0 Å². The van der Waals surface area contributed by atoms with Crippen LogP contribution < -0.4 is 0 Å². The van der Waals surface area contributed by atoms with Crippen LogP contribution in [-0.2, 0) is 6.54 Å². The average molecular weight is 272 g/mol. The minimum absolute atomic E-state index is 0.271. The molecule has 1 aromatic heterocycles. The summed E-state index contributed by atoms with van der Waals surface area (Å²) in [5.74, 6) is -0.439. The summed E-state index contributed by atoms with van der Waals surface area (Å²) in [5.41, 5.74) is 1.10. The van der Waals surface area contributed by atoms with Crippen LogP contribution in [0.25, 0.3) is 10.9 Å². The van der Waals surface area contributed by atoms with Gasteiger partial charge >= 0.3 is 5.97 Å². The zero-order valence-corrected chi connectivity index (χ0v) is 10.5. The maximum atomic E-state index is 11.2. The van der Waals surface area contributed by atoms with Crippen molar-refractivity contribution in [2.45, 2.75) is 13.0 Å². The predicted molar refractivity (Wildman–Crippen MR) is 69.2 cm³/mol. The Hall–Kier alpha value is -1.19. The van der Waals surface area contributed by atoms with Crippen molar-refractivity contribution in [1.82, 2.24) is 4.57 Å². The number of hydrogen-bond acceptors (Lipinski definition) is 1. The maximum absolute atomic E-state index is 11.2. The van der Waals surface area contributed by atoms with Gasteiger partial charge in [0.2, 0.25) is 0 Å². The lowest BCUT2D eigenvalue weighted by atomic mass is 10.2. The Morgan fingerprint density at radius 2 is 2.12 bits per heavy atom. The van der Waals surface area contributed by atoms with Gasteiger partial charge in [-0.25, -0.2) is 4.79 Å². The number of halogens is 2. The van der Waals surface area contributed by atoms with E-state index in [2.05, 4.69) is 0 Å². The second kappa shape index (κ2) is 4.98. The first-order valence-corrected chi connectivity index (χ1v) is 6.13. The van der Waals surface area contributed by atoms with E-state index in [9.17, 15) is 4.79 Å². The zero-order valence-electron chi connectivity index (χ0n) is 8.99. The summed E-state index contributed by atoms with van der Waals surface area (Å²) in [6.07, 6.45) is 0.720. The van der Waals surface area contributed by atoms with Crippen LogP contribution in [0.1, 0.15) is 16.9 Å². The lowest BCUT2D eigenvalue weighted by Crippen LogP contribution is -2.08. The Morgan fingerprint density at radius 3 is 2.76 bits per heavy atom. The molecule has 2 aromatic rings. The van der Waals surface area contributed by atoms with E-state index < -0.39 is 5.97 Å². The summed E-state index contributed by atoms with van der Waals surface area (Å²) in [5, 5.41) is 10.6. The molecule has 0 atom stereocenters.